The Hall–Kier alpha value is -0.950. The number of rotatable bonds is 1. The molecule has 0 aliphatic rings. The lowest BCUT2D eigenvalue weighted by molar-refractivity contribution is -0.134. The van der Waals surface area contributed by atoms with Crippen LogP contribution in [0.1, 0.15) is 23.6 Å². The van der Waals surface area contributed by atoms with Gasteiger partial charge in [-0.1, -0.05) is 5.92 Å². The smallest absolute Gasteiger partial charge is 0.165 e. The average molecular weight is 218 g/mol. The number of hydrogen-bond donors (Lipinski definition) is 0. The van der Waals surface area contributed by atoms with E-state index in [1.807, 2.05) is 0 Å². The van der Waals surface area contributed by atoms with Crippen molar-refractivity contribution in [3.63, 3.8) is 0 Å². The van der Waals surface area contributed by atoms with E-state index in [9.17, 15) is 13.2 Å². The maximum Gasteiger partial charge on any atom is 0.425 e. The van der Waals surface area contributed by atoms with Gasteiger partial charge in [-0.15, -0.1) is 17.8 Å². The van der Waals surface area contributed by atoms with E-state index in [0.29, 0.717) is 16.2 Å². The third-order valence-corrected chi connectivity index (χ3v) is 3.32. The summed E-state index contributed by atoms with van der Waals surface area (Å²) in [4.78, 5) is -0.0387. The third-order valence-electron chi connectivity index (χ3n) is 1.86. The summed E-state index contributed by atoms with van der Waals surface area (Å²) >= 11 is 0.704. The van der Waals surface area contributed by atoms with Crippen LogP contribution in [0.4, 0.5) is 13.2 Å². The second-order valence-corrected chi connectivity index (χ2v) is 4.51. The topological polar surface area (TPSA) is 0 Å². The van der Waals surface area contributed by atoms with Gasteiger partial charge in [0.05, 0.1) is 5.41 Å². The Bertz CT molecular complexity index is 365. The summed E-state index contributed by atoms with van der Waals surface area (Å²) in [5.41, 5.74) is -0.631. The fourth-order valence-electron chi connectivity index (χ4n) is 0.897. The van der Waals surface area contributed by atoms with Gasteiger partial charge in [0.1, 0.15) is 4.88 Å². The molecule has 0 atom stereocenters. The number of terminal acetylenes is 1. The molecule has 0 N–H and O–H groups in total. The summed E-state index contributed by atoms with van der Waals surface area (Å²) in [7, 11) is 0. The van der Waals surface area contributed by atoms with Gasteiger partial charge >= 0.3 is 6.18 Å². The highest BCUT2D eigenvalue weighted by Gasteiger charge is 2.34. The molecule has 0 fully saturated rings. The van der Waals surface area contributed by atoms with Crippen LogP contribution in [0.25, 0.3) is 0 Å². The molecule has 14 heavy (non-hydrogen) atoms. The molecule has 0 unspecified atom stereocenters. The fourth-order valence-corrected chi connectivity index (χ4v) is 1.84. The molecule has 1 aromatic rings. The molecular formula is C10H9F3S. The van der Waals surface area contributed by atoms with Crippen molar-refractivity contribution in [3.8, 4) is 12.3 Å². The van der Waals surface area contributed by atoms with Gasteiger partial charge in [-0.3, -0.25) is 0 Å². The zero-order chi connectivity index (χ0) is 11.0. The molecule has 0 aromatic carbocycles. The van der Waals surface area contributed by atoms with Gasteiger partial charge in [-0.05, 0) is 26.0 Å². The van der Waals surface area contributed by atoms with E-state index in [-0.39, 0.29) is 0 Å². The highest BCUT2D eigenvalue weighted by Crippen LogP contribution is 2.38. The lowest BCUT2D eigenvalue weighted by Gasteiger charge is -2.14. The van der Waals surface area contributed by atoms with Crippen LogP contribution in [0.2, 0.25) is 0 Å². The summed E-state index contributed by atoms with van der Waals surface area (Å²) in [6.07, 6.45) is 0.962. The minimum atomic E-state index is -4.27. The standard InChI is InChI=1S/C10H9F3S/c1-4-9(2,3)7-5-6-8(14-7)10(11,12)13/h1,5-6H,2-3H3. The second kappa shape index (κ2) is 3.32. The average Bonchev–Trinajstić information content (AvgIpc) is 2.51. The van der Waals surface area contributed by atoms with Crippen LogP contribution < -0.4 is 0 Å². The highest BCUT2D eigenvalue weighted by molar-refractivity contribution is 7.12. The molecule has 0 saturated heterocycles. The first-order chi connectivity index (χ1) is 6.27. The third kappa shape index (κ3) is 2.10. The fraction of sp³-hybridized carbons (Fsp3) is 0.400. The van der Waals surface area contributed by atoms with Crippen molar-refractivity contribution in [2.45, 2.75) is 25.4 Å². The maximum atomic E-state index is 12.3. The van der Waals surface area contributed by atoms with Crippen molar-refractivity contribution in [1.29, 1.82) is 0 Å². The van der Waals surface area contributed by atoms with Crippen LogP contribution in [0.15, 0.2) is 12.1 Å². The van der Waals surface area contributed by atoms with E-state index >= 15 is 0 Å². The molecule has 0 aliphatic heterocycles. The zero-order valence-corrected chi connectivity index (χ0v) is 8.59. The molecule has 76 valence electrons. The molecule has 0 radical (unpaired) electrons. The molecule has 4 heteroatoms. The Balaban J connectivity index is 3.08. The number of thiophene rings is 1. The van der Waals surface area contributed by atoms with E-state index in [0.717, 1.165) is 6.07 Å². The minimum absolute atomic E-state index is 0.562. The summed E-state index contributed by atoms with van der Waals surface area (Å²) in [6.45, 7) is 3.44. The molecule has 0 amide bonds. The molecule has 0 nitrogen and oxygen atoms in total. The highest BCUT2D eigenvalue weighted by atomic mass is 32.1. The van der Waals surface area contributed by atoms with Gasteiger partial charge in [0.15, 0.2) is 0 Å². The van der Waals surface area contributed by atoms with Crippen molar-refractivity contribution in [1.82, 2.24) is 0 Å². The Labute approximate surface area is 84.8 Å². The summed E-state index contributed by atoms with van der Waals surface area (Å²) < 4.78 is 36.8. The van der Waals surface area contributed by atoms with Gasteiger partial charge < -0.3 is 0 Å². The maximum absolute atomic E-state index is 12.3. The predicted molar refractivity (Wildman–Crippen MR) is 51.2 cm³/mol. The minimum Gasteiger partial charge on any atom is -0.165 e. The van der Waals surface area contributed by atoms with Crippen LogP contribution in [-0.4, -0.2) is 0 Å². The molecule has 0 saturated carbocycles. The monoisotopic (exact) mass is 218 g/mol. The van der Waals surface area contributed by atoms with E-state index in [1.165, 1.54) is 6.07 Å². The molecular weight excluding hydrogens is 209 g/mol. The molecule has 0 bridgehead atoms. The van der Waals surface area contributed by atoms with E-state index in [4.69, 9.17) is 6.42 Å². The Kier molecular flexibility index (Phi) is 2.64. The van der Waals surface area contributed by atoms with Crippen LogP contribution in [0, 0.1) is 12.3 Å². The predicted octanol–water partition coefficient (Wildman–Crippen LogP) is 3.68. The normalized spacial score (nSPS) is 12.6. The summed E-state index contributed by atoms with van der Waals surface area (Å²) in [5.74, 6) is 2.47. The van der Waals surface area contributed by atoms with E-state index < -0.39 is 16.5 Å². The summed E-state index contributed by atoms with van der Waals surface area (Å²) in [6, 6.07) is 2.51. The lowest BCUT2D eigenvalue weighted by atomic mass is 9.93. The van der Waals surface area contributed by atoms with Gasteiger partial charge in [-0.2, -0.15) is 13.2 Å². The first-order valence-electron chi connectivity index (χ1n) is 3.92. The molecule has 1 rings (SSSR count). The lowest BCUT2D eigenvalue weighted by Crippen LogP contribution is -2.11. The largest absolute Gasteiger partial charge is 0.425 e. The van der Waals surface area contributed by atoms with Crippen LogP contribution in [0.5, 0.6) is 0 Å². The van der Waals surface area contributed by atoms with E-state index in [2.05, 4.69) is 5.92 Å². The SMILES string of the molecule is C#CC(C)(C)c1ccc(C(F)(F)F)s1. The molecule has 1 aromatic heterocycles. The Morgan fingerprint density at radius 2 is 1.71 bits per heavy atom. The number of alkyl halides is 3. The molecule has 0 spiro atoms. The van der Waals surface area contributed by atoms with Crippen LogP contribution >= 0.6 is 11.3 Å². The first kappa shape index (κ1) is 11.1. The van der Waals surface area contributed by atoms with Gasteiger partial charge in [-0.25, -0.2) is 0 Å². The quantitative estimate of drug-likeness (QED) is 0.631. The molecule has 1 heterocycles. The van der Waals surface area contributed by atoms with Crippen molar-refractivity contribution < 1.29 is 13.2 Å². The van der Waals surface area contributed by atoms with Gasteiger partial charge in [0.2, 0.25) is 0 Å². The first-order valence-corrected chi connectivity index (χ1v) is 4.74. The number of hydrogen-bond acceptors (Lipinski definition) is 1. The zero-order valence-electron chi connectivity index (χ0n) is 7.77. The van der Waals surface area contributed by atoms with Gasteiger partial charge in [0.25, 0.3) is 0 Å². The molecule has 0 aliphatic carbocycles. The van der Waals surface area contributed by atoms with Crippen LogP contribution in [-0.2, 0) is 11.6 Å². The van der Waals surface area contributed by atoms with Gasteiger partial charge in [0, 0.05) is 4.88 Å². The van der Waals surface area contributed by atoms with Crippen molar-refractivity contribution in [2.75, 3.05) is 0 Å². The van der Waals surface area contributed by atoms with Crippen molar-refractivity contribution >= 4 is 11.3 Å². The summed E-state index contributed by atoms with van der Waals surface area (Å²) in [5, 5.41) is 0. The second-order valence-electron chi connectivity index (χ2n) is 3.43. The van der Waals surface area contributed by atoms with E-state index in [1.54, 1.807) is 13.8 Å². The Morgan fingerprint density at radius 3 is 2.07 bits per heavy atom. The van der Waals surface area contributed by atoms with Crippen molar-refractivity contribution in [3.05, 3.63) is 21.9 Å². The van der Waals surface area contributed by atoms with Crippen molar-refractivity contribution in [2.24, 2.45) is 0 Å². The van der Waals surface area contributed by atoms with Crippen LogP contribution in [0.3, 0.4) is 0 Å². The Morgan fingerprint density at radius 1 is 1.21 bits per heavy atom. The number of halogens is 3.